The van der Waals surface area contributed by atoms with E-state index in [1.54, 1.807) is 7.11 Å². The highest BCUT2D eigenvalue weighted by atomic mass is 16.5. The third-order valence-electron chi connectivity index (χ3n) is 5.58. The molecular weight excluding hydrogens is 336 g/mol. The van der Waals surface area contributed by atoms with Gasteiger partial charge in [0.25, 0.3) is 0 Å². The fourth-order valence-corrected chi connectivity index (χ4v) is 4.05. The largest absolute Gasteiger partial charge is 0.508 e. The van der Waals surface area contributed by atoms with Crippen LogP contribution in [0.25, 0.3) is 16.6 Å². The Labute approximate surface area is 160 Å². The molecule has 0 radical (unpaired) electrons. The summed E-state index contributed by atoms with van der Waals surface area (Å²) in [6, 6.07) is 8.64. The minimum atomic E-state index is 0.0311. The van der Waals surface area contributed by atoms with Gasteiger partial charge < -0.3 is 19.3 Å². The summed E-state index contributed by atoms with van der Waals surface area (Å²) in [5, 5.41) is 11.2. The summed E-state index contributed by atoms with van der Waals surface area (Å²) in [4.78, 5) is 2.27. The number of aromatic nitrogens is 1. The second-order valence-corrected chi connectivity index (χ2v) is 8.40. The minimum Gasteiger partial charge on any atom is -0.508 e. The smallest absolute Gasteiger partial charge is 0.120 e. The van der Waals surface area contributed by atoms with Crippen molar-refractivity contribution in [2.45, 2.75) is 33.4 Å². The van der Waals surface area contributed by atoms with E-state index in [1.165, 1.54) is 10.9 Å². The molecule has 0 saturated heterocycles. The molecule has 1 N–H and O–H groups in total. The first-order valence-electron chi connectivity index (χ1n) is 9.17. The lowest BCUT2D eigenvalue weighted by Crippen LogP contribution is -2.47. The molecule has 0 fully saturated rings. The molecule has 1 aromatic heterocycles. The van der Waals surface area contributed by atoms with Crippen molar-refractivity contribution < 1.29 is 9.84 Å². The highest BCUT2D eigenvalue weighted by Gasteiger charge is 2.38. The van der Waals surface area contributed by atoms with Gasteiger partial charge in [0.1, 0.15) is 11.5 Å². The summed E-state index contributed by atoms with van der Waals surface area (Å²) in [7, 11) is 1.70. The van der Waals surface area contributed by atoms with Crippen molar-refractivity contribution in [1.29, 1.82) is 0 Å². The molecule has 3 heterocycles. The molecule has 4 rings (SSSR count). The average Bonchev–Trinajstić information content (AvgIpc) is 2.97. The fraction of sp³-hybridized carbons (Fsp3) is 0.304. The standard InChI is InChI=1S/C23H26N2O2/c1-14-9-20-21-10-16-7-8-17(27-6)11-19(16)24(21)13-22(23(3,4)5)25(20)12-18(14)15(2)26/h7-12,22,26H,1-2,13H2,3-6H3. The lowest BCUT2D eigenvalue weighted by atomic mass is 9.83. The maximum atomic E-state index is 10.00. The highest BCUT2D eigenvalue weighted by molar-refractivity contribution is 5.88. The Morgan fingerprint density at radius 3 is 2.63 bits per heavy atom. The van der Waals surface area contributed by atoms with Gasteiger partial charge in [-0.3, -0.25) is 0 Å². The number of benzene rings is 1. The van der Waals surface area contributed by atoms with Crippen molar-refractivity contribution in [3.05, 3.63) is 72.3 Å². The Balaban J connectivity index is 1.96. The number of rotatable bonds is 2. The Kier molecular flexibility index (Phi) is 3.77. The second-order valence-electron chi connectivity index (χ2n) is 8.40. The number of allylic oxidation sites excluding steroid dienone is 2. The number of fused-ring (bicyclic) bond motifs is 5. The van der Waals surface area contributed by atoms with Crippen LogP contribution in [0.2, 0.25) is 0 Å². The monoisotopic (exact) mass is 362 g/mol. The van der Waals surface area contributed by atoms with Crippen molar-refractivity contribution >= 4 is 16.6 Å². The Morgan fingerprint density at radius 2 is 2.00 bits per heavy atom. The zero-order valence-corrected chi connectivity index (χ0v) is 16.4. The second kappa shape index (κ2) is 5.81. The van der Waals surface area contributed by atoms with Crippen molar-refractivity contribution in [2.24, 2.45) is 5.41 Å². The Morgan fingerprint density at radius 1 is 1.26 bits per heavy atom. The normalized spacial score (nSPS) is 19.3. The first-order chi connectivity index (χ1) is 12.7. The zero-order valence-electron chi connectivity index (χ0n) is 16.4. The van der Waals surface area contributed by atoms with Crippen LogP contribution in [0.3, 0.4) is 0 Å². The highest BCUT2D eigenvalue weighted by Crippen LogP contribution is 2.43. The van der Waals surface area contributed by atoms with Crippen molar-refractivity contribution in [2.75, 3.05) is 7.11 Å². The van der Waals surface area contributed by atoms with E-state index >= 15 is 0 Å². The van der Waals surface area contributed by atoms with Crippen LogP contribution in [0.1, 0.15) is 26.5 Å². The van der Waals surface area contributed by atoms with Crippen molar-refractivity contribution in [3.8, 4) is 5.75 Å². The number of aliphatic hydroxyl groups excluding tert-OH is 1. The predicted octanol–water partition coefficient (Wildman–Crippen LogP) is 5.25. The summed E-state index contributed by atoms with van der Waals surface area (Å²) >= 11 is 0. The van der Waals surface area contributed by atoms with E-state index in [-0.39, 0.29) is 17.2 Å². The quantitative estimate of drug-likeness (QED) is 0.742. The molecule has 0 saturated carbocycles. The molecule has 2 aliphatic rings. The number of methoxy groups -OCH3 is 1. The zero-order chi connectivity index (χ0) is 19.5. The Hall–Kier alpha value is -2.88. The van der Waals surface area contributed by atoms with Gasteiger partial charge >= 0.3 is 0 Å². The van der Waals surface area contributed by atoms with Gasteiger partial charge in [-0.05, 0) is 35.3 Å². The van der Waals surface area contributed by atoms with E-state index in [1.807, 2.05) is 12.3 Å². The van der Waals surface area contributed by atoms with Crippen molar-refractivity contribution in [3.63, 3.8) is 0 Å². The molecule has 0 aliphatic carbocycles. The van der Waals surface area contributed by atoms with E-state index < -0.39 is 0 Å². The molecule has 140 valence electrons. The SMILES string of the molecule is C=C(O)C1=CN2C(=CC1=C)c1cc3ccc(OC)cc3n1CC2C(C)(C)C. The van der Waals surface area contributed by atoms with Crippen LogP contribution >= 0.6 is 0 Å². The van der Waals surface area contributed by atoms with Gasteiger partial charge in [0, 0.05) is 29.8 Å². The summed E-state index contributed by atoms with van der Waals surface area (Å²) in [6.45, 7) is 15.4. The molecule has 1 unspecified atom stereocenters. The molecule has 0 bridgehead atoms. The third-order valence-corrected chi connectivity index (χ3v) is 5.58. The number of nitrogens with zero attached hydrogens (tertiary/aromatic N) is 2. The summed E-state index contributed by atoms with van der Waals surface area (Å²) in [5.74, 6) is 0.915. The number of hydrogen-bond acceptors (Lipinski definition) is 3. The van der Waals surface area contributed by atoms with Gasteiger partial charge in [-0.15, -0.1) is 0 Å². The number of hydrogen-bond donors (Lipinski definition) is 1. The van der Waals surface area contributed by atoms with Crippen molar-refractivity contribution in [1.82, 2.24) is 9.47 Å². The average molecular weight is 362 g/mol. The predicted molar refractivity (Wildman–Crippen MR) is 111 cm³/mol. The van der Waals surface area contributed by atoms with Gasteiger partial charge in [0.15, 0.2) is 0 Å². The van der Waals surface area contributed by atoms with Crippen LogP contribution in [-0.4, -0.2) is 27.7 Å². The molecule has 2 aromatic rings. The molecule has 27 heavy (non-hydrogen) atoms. The van der Waals surface area contributed by atoms with E-state index in [0.717, 1.165) is 29.3 Å². The maximum absolute atomic E-state index is 10.00. The lowest BCUT2D eigenvalue weighted by molar-refractivity contribution is 0.163. The first-order valence-corrected chi connectivity index (χ1v) is 9.17. The number of ether oxygens (including phenoxy) is 1. The van der Waals surface area contributed by atoms with Crippen LogP contribution in [0.4, 0.5) is 0 Å². The van der Waals surface area contributed by atoms with Gasteiger partial charge in [-0.25, -0.2) is 0 Å². The molecular formula is C23H26N2O2. The van der Waals surface area contributed by atoms with Crippen LogP contribution in [-0.2, 0) is 6.54 Å². The molecule has 4 heteroatoms. The van der Waals surface area contributed by atoms with Crippen LogP contribution < -0.4 is 4.74 Å². The summed E-state index contributed by atoms with van der Waals surface area (Å²) in [5.41, 5.74) is 4.93. The molecule has 4 nitrogen and oxygen atoms in total. The van der Waals surface area contributed by atoms with Crippen LogP contribution in [0.5, 0.6) is 5.75 Å². The summed E-state index contributed by atoms with van der Waals surface area (Å²) < 4.78 is 7.81. The topological polar surface area (TPSA) is 37.6 Å². The lowest BCUT2D eigenvalue weighted by Gasteiger charge is -2.46. The van der Waals surface area contributed by atoms with E-state index in [2.05, 4.69) is 67.7 Å². The van der Waals surface area contributed by atoms with Gasteiger partial charge in [0.2, 0.25) is 0 Å². The summed E-state index contributed by atoms with van der Waals surface area (Å²) in [6.07, 6.45) is 4.05. The first kappa shape index (κ1) is 17.5. The van der Waals surface area contributed by atoms with E-state index in [9.17, 15) is 5.11 Å². The molecule has 1 atom stereocenters. The van der Waals surface area contributed by atoms with Gasteiger partial charge in [0.05, 0.1) is 30.1 Å². The van der Waals surface area contributed by atoms with Gasteiger partial charge in [-0.2, -0.15) is 0 Å². The van der Waals surface area contributed by atoms with Crippen LogP contribution in [0, 0.1) is 5.41 Å². The third kappa shape index (κ3) is 2.67. The fourth-order valence-electron chi connectivity index (χ4n) is 4.05. The van der Waals surface area contributed by atoms with E-state index in [4.69, 9.17) is 4.74 Å². The van der Waals surface area contributed by atoms with E-state index in [0.29, 0.717) is 5.57 Å². The minimum absolute atomic E-state index is 0.0311. The molecule has 0 amide bonds. The molecule has 1 aromatic carbocycles. The molecule has 2 aliphatic heterocycles. The maximum Gasteiger partial charge on any atom is 0.120 e. The van der Waals surface area contributed by atoms with Gasteiger partial charge in [-0.1, -0.05) is 33.9 Å². The molecule has 0 spiro atoms. The Bertz CT molecular complexity index is 1030. The number of aliphatic hydroxyl groups is 1. The van der Waals surface area contributed by atoms with Crippen LogP contribution in [0.15, 0.2) is 66.6 Å².